The molecule has 0 atom stereocenters. The molecule has 0 heteroatoms. The zero-order valence-electron chi connectivity index (χ0n) is 58.8. The Kier molecular flexibility index (Phi) is 54.2. The maximum absolute atomic E-state index is 2.46. The van der Waals surface area contributed by atoms with Crippen LogP contribution < -0.4 is 0 Å². The third kappa shape index (κ3) is 42.4. The Morgan fingerprint density at radius 2 is 0.337 bits per heavy atom. The van der Waals surface area contributed by atoms with E-state index in [9.17, 15) is 0 Å². The minimum Gasteiger partial charge on any atom is -0.0654 e. The first kappa shape index (κ1) is 77.6. The molecule has 0 saturated carbocycles. The largest absolute Gasteiger partial charge is 0.0654 e. The van der Waals surface area contributed by atoms with Gasteiger partial charge in [0.05, 0.1) is 0 Å². The van der Waals surface area contributed by atoms with Gasteiger partial charge in [0.1, 0.15) is 0 Å². The summed E-state index contributed by atoms with van der Waals surface area (Å²) in [6.45, 7) is 9.23. The van der Waals surface area contributed by atoms with E-state index in [0.717, 1.165) is 0 Å². The molecule has 0 unspecified atom stereocenters. The SMILES string of the molecule is CCCCCCCCCCCCCCCCCc1ccc2ccccc2c1CCCCCCCCCCCCCCCCC.CCCCCCCCCCCCCCCCc1ccc2ccccc2c1CCCCCCCCCCCCCCCC. The standard InChI is InChI=1S/C44H76.C42H72/c1-3-5-7-9-11-13-15-17-19-21-23-25-27-29-31-35-41-39-40-42-36-33-34-38-44(42)43(41)37-32-30-28-26-24-22-20-18-16-14-12-10-8-6-4-2;1-3-5-7-9-11-13-15-17-19-21-23-25-27-29-33-39-37-38-40-34-31-32-36-42(40)41(39)35-30-28-26-24-22-20-18-16-14-12-10-8-6-4-2/h33-34,36,38-40H,3-32,35,37H2,1-2H3;31-32,34,36-38H,3-30,33,35H2,1-2H3. The molecular weight excluding hydrogens is 1030 g/mol. The van der Waals surface area contributed by atoms with Crippen molar-refractivity contribution in [3.8, 4) is 0 Å². The molecule has 0 amide bonds. The fraction of sp³-hybridized carbons (Fsp3) is 0.767. The highest BCUT2D eigenvalue weighted by Gasteiger charge is 2.11. The monoisotopic (exact) mass is 1180 g/mol. The van der Waals surface area contributed by atoms with Crippen molar-refractivity contribution in [1.29, 1.82) is 0 Å². The van der Waals surface area contributed by atoms with Crippen LogP contribution in [0.1, 0.15) is 422 Å². The summed E-state index contributed by atoms with van der Waals surface area (Å²) in [4.78, 5) is 0. The third-order valence-corrected chi connectivity index (χ3v) is 19.9. The molecule has 0 aliphatic rings. The number of unbranched alkanes of at least 4 members (excludes halogenated alkanes) is 54. The van der Waals surface area contributed by atoms with Crippen molar-refractivity contribution in [3.05, 3.63) is 95.1 Å². The molecule has 86 heavy (non-hydrogen) atoms. The number of fused-ring (bicyclic) bond motifs is 2. The van der Waals surface area contributed by atoms with Crippen LogP contribution in [0.3, 0.4) is 0 Å². The van der Waals surface area contributed by atoms with E-state index in [4.69, 9.17) is 0 Å². The maximum Gasteiger partial charge on any atom is -0.0149 e. The molecule has 0 spiro atoms. The van der Waals surface area contributed by atoms with Crippen molar-refractivity contribution < 1.29 is 0 Å². The van der Waals surface area contributed by atoms with Gasteiger partial charge in [-0.05, 0) is 95.2 Å². The third-order valence-electron chi connectivity index (χ3n) is 19.9. The Balaban J connectivity index is 0.000000451. The molecule has 4 aromatic rings. The molecule has 0 aromatic heterocycles. The molecule has 0 N–H and O–H groups in total. The number of rotatable bonds is 62. The molecule has 0 heterocycles. The Morgan fingerprint density at radius 1 is 0.163 bits per heavy atom. The van der Waals surface area contributed by atoms with Gasteiger partial charge in [-0.2, -0.15) is 0 Å². The summed E-state index contributed by atoms with van der Waals surface area (Å²) >= 11 is 0. The van der Waals surface area contributed by atoms with Crippen molar-refractivity contribution in [1.82, 2.24) is 0 Å². The Morgan fingerprint density at radius 3 is 0.547 bits per heavy atom. The lowest BCUT2D eigenvalue weighted by Crippen LogP contribution is -1.97. The van der Waals surface area contributed by atoms with Gasteiger partial charge in [-0.15, -0.1) is 0 Å². The Bertz CT molecular complexity index is 2020. The molecule has 492 valence electrons. The van der Waals surface area contributed by atoms with E-state index in [0.29, 0.717) is 0 Å². The van der Waals surface area contributed by atoms with Gasteiger partial charge >= 0.3 is 0 Å². The minimum atomic E-state index is 1.27. The van der Waals surface area contributed by atoms with Gasteiger partial charge in [0.15, 0.2) is 0 Å². The van der Waals surface area contributed by atoms with Crippen LogP contribution in [0.25, 0.3) is 21.5 Å². The highest BCUT2D eigenvalue weighted by atomic mass is 14.2. The van der Waals surface area contributed by atoms with Crippen molar-refractivity contribution >= 4 is 21.5 Å². The molecule has 0 aliphatic heterocycles. The van der Waals surface area contributed by atoms with E-state index >= 15 is 0 Å². The highest BCUT2D eigenvalue weighted by Crippen LogP contribution is 2.29. The average molecular weight is 1180 g/mol. The zero-order chi connectivity index (χ0) is 60.9. The molecule has 4 aromatic carbocycles. The lowest BCUT2D eigenvalue weighted by molar-refractivity contribution is 0.531. The number of benzene rings is 4. The number of aryl methyl sites for hydroxylation is 4. The van der Waals surface area contributed by atoms with E-state index < -0.39 is 0 Å². The van der Waals surface area contributed by atoms with Gasteiger partial charge in [0, 0.05) is 0 Å². The van der Waals surface area contributed by atoms with Gasteiger partial charge in [0.25, 0.3) is 0 Å². The first-order valence-electron chi connectivity index (χ1n) is 39.7. The predicted molar refractivity (Wildman–Crippen MR) is 393 cm³/mol. The first-order valence-corrected chi connectivity index (χ1v) is 39.7. The van der Waals surface area contributed by atoms with Crippen LogP contribution in [-0.2, 0) is 25.7 Å². The van der Waals surface area contributed by atoms with Gasteiger partial charge in [-0.1, -0.05) is 447 Å². The summed E-state index contributed by atoms with van der Waals surface area (Å²) in [5.41, 5.74) is 6.62. The maximum atomic E-state index is 2.46. The minimum absolute atomic E-state index is 1.27. The molecule has 0 nitrogen and oxygen atoms in total. The van der Waals surface area contributed by atoms with E-state index in [1.807, 2.05) is 0 Å². The fourth-order valence-electron chi connectivity index (χ4n) is 14.2. The van der Waals surface area contributed by atoms with Gasteiger partial charge in [0.2, 0.25) is 0 Å². The van der Waals surface area contributed by atoms with E-state index in [1.165, 1.54) is 420 Å². The van der Waals surface area contributed by atoms with Crippen LogP contribution in [-0.4, -0.2) is 0 Å². The quantitative estimate of drug-likeness (QED) is 0.0387. The first-order chi connectivity index (χ1) is 42.7. The van der Waals surface area contributed by atoms with Crippen molar-refractivity contribution in [2.24, 2.45) is 0 Å². The van der Waals surface area contributed by atoms with Crippen LogP contribution in [0.15, 0.2) is 72.8 Å². The Hall–Kier alpha value is -2.60. The summed E-state index contributed by atoms with van der Waals surface area (Å²) in [6, 6.07) is 28.0. The Labute approximate surface area is 539 Å². The number of hydrogen-bond donors (Lipinski definition) is 0. The van der Waals surface area contributed by atoms with Crippen LogP contribution in [0.5, 0.6) is 0 Å². The van der Waals surface area contributed by atoms with E-state index in [1.54, 1.807) is 22.3 Å². The lowest BCUT2D eigenvalue weighted by Gasteiger charge is -2.14. The molecule has 0 radical (unpaired) electrons. The molecule has 4 rings (SSSR count). The fourth-order valence-corrected chi connectivity index (χ4v) is 14.2. The van der Waals surface area contributed by atoms with Crippen molar-refractivity contribution in [3.63, 3.8) is 0 Å². The summed E-state index contributed by atoms with van der Waals surface area (Å²) < 4.78 is 0. The second-order valence-electron chi connectivity index (χ2n) is 27.9. The zero-order valence-corrected chi connectivity index (χ0v) is 58.8. The molecular formula is C86H148. The van der Waals surface area contributed by atoms with Gasteiger partial charge < -0.3 is 0 Å². The van der Waals surface area contributed by atoms with E-state index in [2.05, 4.69) is 100 Å². The van der Waals surface area contributed by atoms with Gasteiger partial charge in [-0.25, -0.2) is 0 Å². The normalized spacial score (nSPS) is 11.6. The smallest absolute Gasteiger partial charge is 0.0149 e. The summed E-state index contributed by atoms with van der Waals surface area (Å²) in [7, 11) is 0. The van der Waals surface area contributed by atoms with E-state index in [-0.39, 0.29) is 0 Å². The van der Waals surface area contributed by atoms with Crippen LogP contribution >= 0.6 is 0 Å². The van der Waals surface area contributed by atoms with Gasteiger partial charge in [-0.3, -0.25) is 0 Å². The summed E-state index contributed by atoms with van der Waals surface area (Å²) in [5, 5.41) is 5.91. The average Bonchev–Trinajstić information content (AvgIpc) is 2.20. The summed E-state index contributed by atoms with van der Waals surface area (Å²) in [5.74, 6) is 0. The number of hydrogen-bond acceptors (Lipinski definition) is 0. The highest BCUT2D eigenvalue weighted by molar-refractivity contribution is 5.87. The molecule has 0 fully saturated rings. The summed E-state index contributed by atoms with van der Waals surface area (Å²) in [6.07, 6.45) is 88.6. The van der Waals surface area contributed by atoms with Crippen LogP contribution in [0.4, 0.5) is 0 Å². The second-order valence-corrected chi connectivity index (χ2v) is 27.9. The molecule has 0 aliphatic carbocycles. The molecule has 0 bridgehead atoms. The van der Waals surface area contributed by atoms with Crippen molar-refractivity contribution in [2.45, 2.75) is 426 Å². The molecule has 0 saturated heterocycles. The van der Waals surface area contributed by atoms with Crippen molar-refractivity contribution in [2.75, 3.05) is 0 Å². The second kappa shape index (κ2) is 60.0. The van der Waals surface area contributed by atoms with Crippen LogP contribution in [0, 0.1) is 0 Å². The topological polar surface area (TPSA) is 0 Å². The van der Waals surface area contributed by atoms with Crippen LogP contribution in [0.2, 0.25) is 0 Å². The predicted octanol–water partition coefficient (Wildman–Crippen LogP) is 30.6. The lowest BCUT2D eigenvalue weighted by atomic mass is 9.91.